The van der Waals surface area contributed by atoms with Gasteiger partial charge in [-0.25, -0.2) is 0 Å². The summed E-state index contributed by atoms with van der Waals surface area (Å²) < 4.78 is 11.2. The quantitative estimate of drug-likeness (QED) is 0.904. The third-order valence-corrected chi connectivity index (χ3v) is 4.92. The molecule has 1 amide bonds. The lowest BCUT2D eigenvalue weighted by atomic mass is 9.89. The number of benzene rings is 1. The van der Waals surface area contributed by atoms with Gasteiger partial charge in [-0.15, -0.1) is 0 Å². The Morgan fingerprint density at radius 1 is 1.28 bits per heavy atom. The van der Waals surface area contributed by atoms with Crippen LogP contribution in [0.4, 0.5) is 0 Å². The van der Waals surface area contributed by atoms with Gasteiger partial charge in [-0.2, -0.15) is 0 Å². The van der Waals surface area contributed by atoms with Crippen molar-refractivity contribution in [1.82, 2.24) is 15.4 Å². The average Bonchev–Trinajstić information content (AvgIpc) is 3.17. The number of nitrogens with one attached hydrogen (secondary N) is 1. The van der Waals surface area contributed by atoms with Gasteiger partial charge in [-0.05, 0) is 39.1 Å². The van der Waals surface area contributed by atoms with Gasteiger partial charge in [-0.1, -0.05) is 22.9 Å². The first-order chi connectivity index (χ1) is 12.0. The number of ether oxygens (including phenoxy) is 1. The Morgan fingerprint density at radius 2 is 1.96 bits per heavy atom. The lowest BCUT2D eigenvalue weighted by Crippen LogP contribution is -2.57. The Balaban J connectivity index is 1.83. The molecule has 0 radical (unpaired) electrons. The number of amides is 1. The molecule has 25 heavy (non-hydrogen) atoms. The monoisotopic (exact) mass is 343 g/mol. The van der Waals surface area contributed by atoms with E-state index in [1.54, 1.807) is 18.0 Å². The van der Waals surface area contributed by atoms with Crippen LogP contribution in [0, 0.1) is 6.92 Å². The zero-order valence-electron chi connectivity index (χ0n) is 15.0. The third-order valence-electron chi connectivity index (χ3n) is 4.92. The molecule has 6 nitrogen and oxygen atoms in total. The zero-order valence-corrected chi connectivity index (χ0v) is 15.0. The minimum Gasteiger partial charge on any atom is -0.477 e. The van der Waals surface area contributed by atoms with E-state index in [2.05, 4.69) is 10.5 Å². The average molecular weight is 343 g/mol. The van der Waals surface area contributed by atoms with Gasteiger partial charge >= 0.3 is 0 Å². The number of aromatic nitrogens is 1. The SMILES string of the molecule is Cc1ccc(OC2(C(=O)N(C)[C@H](C)c3ccon3)CCNCC2)cc1. The van der Waals surface area contributed by atoms with Crippen molar-refractivity contribution in [1.29, 1.82) is 0 Å². The van der Waals surface area contributed by atoms with Crippen LogP contribution >= 0.6 is 0 Å². The standard InChI is InChI=1S/C19H25N3O3/c1-14-4-6-16(7-5-14)25-19(9-11-20-12-10-19)18(23)22(3)15(2)17-8-13-24-21-17/h4-8,13,15,20H,9-12H2,1-3H3/t15-/m1/s1. The van der Waals surface area contributed by atoms with E-state index in [1.165, 1.54) is 6.26 Å². The molecular formula is C19H25N3O3. The molecule has 1 aliphatic heterocycles. The van der Waals surface area contributed by atoms with Crippen LogP contribution in [-0.2, 0) is 4.79 Å². The van der Waals surface area contributed by atoms with Crippen molar-refractivity contribution >= 4 is 5.91 Å². The van der Waals surface area contributed by atoms with Gasteiger partial charge in [0.05, 0.1) is 6.04 Å². The molecule has 1 N–H and O–H groups in total. The normalized spacial score (nSPS) is 17.7. The van der Waals surface area contributed by atoms with Gasteiger partial charge in [0.1, 0.15) is 17.7 Å². The molecule has 0 saturated carbocycles. The number of carbonyl (C=O) groups is 1. The van der Waals surface area contributed by atoms with Gasteiger partial charge in [0.25, 0.3) is 5.91 Å². The Bertz CT molecular complexity index is 691. The van der Waals surface area contributed by atoms with Crippen LogP contribution in [0.3, 0.4) is 0 Å². The fourth-order valence-corrected chi connectivity index (χ4v) is 3.16. The molecule has 6 heteroatoms. The maximum atomic E-state index is 13.3. The summed E-state index contributed by atoms with van der Waals surface area (Å²) in [6, 6.07) is 9.44. The van der Waals surface area contributed by atoms with E-state index in [0.29, 0.717) is 12.8 Å². The molecule has 1 saturated heterocycles. The Kier molecular flexibility index (Phi) is 5.08. The van der Waals surface area contributed by atoms with E-state index in [4.69, 9.17) is 9.26 Å². The van der Waals surface area contributed by atoms with Crippen molar-refractivity contribution in [2.24, 2.45) is 0 Å². The van der Waals surface area contributed by atoms with Crippen LogP contribution in [0.1, 0.15) is 37.1 Å². The van der Waals surface area contributed by atoms with Gasteiger partial charge < -0.3 is 19.5 Å². The minimum atomic E-state index is -0.854. The summed E-state index contributed by atoms with van der Waals surface area (Å²) in [6.45, 7) is 5.48. The van der Waals surface area contributed by atoms with Crippen molar-refractivity contribution in [2.75, 3.05) is 20.1 Å². The summed E-state index contributed by atoms with van der Waals surface area (Å²) in [5, 5.41) is 7.27. The van der Waals surface area contributed by atoms with E-state index in [1.807, 2.05) is 38.1 Å². The van der Waals surface area contributed by atoms with Crippen LogP contribution in [0.25, 0.3) is 0 Å². The molecule has 0 spiro atoms. The molecule has 2 heterocycles. The molecule has 0 unspecified atom stereocenters. The molecule has 134 valence electrons. The van der Waals surface area contributed by atoms with Crippen molar-refractivity contribution in [3.63, 3.8) is 0 Å². The summed E-state index contributed by atoms with van der Waals surface area (Å²) in [7, 11) is 1.80. The summed E-state index contributed by atoms with van der Waals surface area (Å²) >= 11 is 0. The fraction of sp³-hybridized carbons (Fsp3) is 0.474. The second-order valence-electron chi connectivity index (χ2n) is 6.68. The lowest BCUT2D eigenvalue weighted by Gasteiger charge is -2.40. The summed E-state index contributed by atoms with van der Waals surface area (Å²) in [6.07, 6.45) is 2.79. The van der Waals surface area contributed by atoms with Gasteiger partial charge in [0.15, 0.2) is 5.60 Å². The maximum Gasteiger partial charge on any atom is 0.267 e. The van der Waals surface area contributed by atoms with Gasteiger partial charge in [0.2, 0.25) is 0 Å². The summed E-state index contributed by atoms with van der Waals surface area (Å²) in [5.74, 6) is 0.702. The highest BCUT2D eigenvalue weighted by Crippen LogP contribution is 2.31. The highest BCUT2D eigenvalue weighted by atomic mass is 16.5. The first-order valence-electron chi connectivity index (χ1n) is 8.66. The Morgan fingerprint density at radius 3 is 2.56 bits per heavy atom. The molecule has 1 aromatic carbocycles. The number of piperidine rings is 1. The first kappa shape index (κ1) is 17.5. The predicted octanol–water partition coefficient (Wildman–Crippen LogP) is 2.70. The molecule has 1 atom stereocenters. The number of hydrogen-bond acceptors (Lipinski definition) is 5. The highest BCUT2D eigenvalue weighted by molar-refractivity contribution is 5.86. The van der Waals surface area contributed by atoms with Crippen molar-refractivity contribution in [3.05, 3.63) is 47.9 Å². The van der Waals surface area contributed by atoms with Crippen LogP contribution in [0.15, 0.2) is 41.1 Å². The fourth-order valence-electron chi connectivity index (χ4n) is 3.16. The van der Waals surface area contributed by atoms with Crippen molar-refractivity contribution in [3.8, 4) is 5.75 Å². The number of hydrogen-bond donors (Lipinski definition) is 1. The predicted molar refractivity (Wildman–Crippen MR) is 94.3 cm³/mol. The van der Waals surface area contributed by atoms with Crippen LogP contribution < -0.4 is 10.1 Å². The number of rotatable bonds is 5. The largest absolute Gasteiger partial charge is 0.477 e. The molecule has 0 aliphatic carbocycles. The minimum absolute atomic E-state index is 0.0231. The van der Waals surface area contributed by atoms with Crippen LogP contribution in [0.5, 0.6) is 5.75 Å². The van der Waals surface area contributed by atoms with Crippen LogP contribution in [-0.4, -0.2) is 41.7 Å². The van der Waals surface area contributed by atoms with Gasteiger partial charge in [0, 0.05) is 26.0 Å². The zero-order chi connectivity index (χ0) is 17.9. The second-order valence-corrected chi connectivity index (χ2v) is 6.68. The smallest absolute Gasteiger partial charge is 0.267 e. The summed E-state index contributed by atoms with van der Waals surface area (Å²) in [5.41, 5.74) is 1.04. The van der Waals surface area contributed by atoms with E-state index in [-0.39, 0.29) is 11.9 Å². The number of carbonyl (C=O) groups excluding carboxylic acids is 1. The number of likely N-dealkylation sites (N-methyl/N-ethyl adjacent to an activating group) is 1. The molecule has 1 aromatic heterocycles. The molecule has 2 aromatic rings. The van der Waals surface area contributed by atoms with E-state index in [0.717, 1.165) is 30.1 Å². The molecule has 1 fully saturated rings. The van der Waals surface area contributed by atoms with E-state index >= 15 is 0 Å². The maximum absolute atomic E-state index is 13.3. The van der Waals surface area contributed by atoms with Crippen molar-refractivity contribution in [2.45, 2.75) is 38.3 Å². The number of nitrogens with zero attached hydrogens (tertiary/aromatic N) is 2. The third kappa shape index (κ3) is 3.69. The highest BCUT2D eigenvalue weighted by Gasteiger charge is 2.45. The summed E-state index contributed by atoms with van der Waals surface area (Å²) in [4.78, 5) is 15.0. The molecular weight excluding hydrogens is 318 g/mol. The second kappa shape index (κ2) is 7.27. The Hall–Kier alpha value is -2.34. The van der Waals surface area contributed by atoms with E-state index in [9.17, 15) is 4.79 Å². The number of aryl methyl sites for hydroxylation is 1. The van der Waals surface area contributed by atoms with Crippen molar-refractivity contribution < 1.29 is 14.1 Å². The Labute approximate surface area is 148 Å². The van der Waals surface area contributed by atoms with Crippen LogP contribution in [0.2, 0.25) is 0 Å². The van der Waals surface area contributed by atoms with E-state index < -0.39 is 5.60 Å². The molecule has 3 rings (SSSR count). The lowest BCUT2D eigenvalue weighted by molar-refractivity contribution is -0.151. The molecule has 0 bridgehead atoms. The molecule has 1 aliphatic rings. The first-order valence-corrected chi connectivity index (χ1v) is 8.66. The van der Waals surface area contributed by atoms with Gasteiger partial charge in [-0.3, -0.25) is 4.79 Å². The topological polar surface area (TPSA) is 67.6 Å².